The van der Waals surface area contributed by atoms with Gasteiger partial charge in [-0.15, -0.1) is 10.2 Å². The Morgan fingerprint density at radius 1 is 1.04 bits per heavy atom. The Bertz CT molecular complexity index is 935. The third-order valence-electron chi connectivity index (χ3n) is 5.18. The van der Waals surface area contributed by atoms with Crippen molar-refractivity contribution in [3.05, 3.63) is 65.2 Å². The van der Waals surface area contributed by atoms with Crippen molar-refractivity contribution < 1.29 is 4.79 Å². The molecule has 1 aliphatic rings. The second-order valence-electron chi connectivity index (χ2n) is 7.14. The highest BCUT2D eigenvalue weighted by atomic mass is 35.5. The SMILES string of the molecule is O=C(Cn1nnc(-c2ccccc2Cl)n1)N1CCC(Cc2ccccc2)CC1. The molecule has 0 aliphatic carbocycles. The highest BCUT2D eigenvalue weighted by molar-refractivity contribution is 6.33. The van der Waals surface area contributed by atoms with Crippen molar-refractivity contribution in [1.82, 2.24) is 25.1 Å². The van der Waals surface area contributed by atoms with Crippen molar-refractivity contribution in [3.8, 4) is 11.4 Å². The van der Waals surface area contributed by atoms with Gasteiger partial charge in [-0.05, 0) is 48.1 Å². The van der Waals surface area contributed by atoms with Gasteiger partial charge >= 0.3 is 0 Å². The van der Waals surface area contributed by atoms with E-state index < -0.39 is 0 Å². The third-order valence-corrected chi connectivity index (χ3v) is 5.51. The van der Waals surface area contributed by atoms with Crippen LogP contribution in [-0.2, 0) is 17.8 Å². The minimum absolute atomic E-state index is 0.0290. The molecule has 144 valence electrons. The Morgan fingerprint density at radius 3 is 2.50 bits per heavy atom. The van der Waals surface area contributed by atoms with Crippen LogP contribution in [0, 0.1) is 5.92 Å². The van der Waals surface area contributed by atoms with Crippen molar-refractivity contribution in [2.75, 3.05) is 13.1 Å². The number of benzene rings is 2. The summed E-state index contributed by atoms with van der Waals surface area (Å²) in [6, 6.07) is 17.9. The van der Waals surface area contributed by atoms with E-state index >= 15 is 0 Å². The molecule has 3 aromatic rings. The summed E-state index contributed by atoms with van der Waals surface area (Å²) < 4.78 is 0. The van der Waals surface area contributed by atoms with Gasteiger partial charge in [0.05, 0.1) is 5.02 Å². The summed E-state index contributed by atoms with van der Waals surface area (Å²) in [5, 5.41) is 12.9. The van der Waals surface area contributed by atoms with Crippen molar-refractivity contribution in [2.24, 2.45) is 5.92 Å². The fraction of sp³-hybridized carbons (Fsp3) is 0.333. The molecule has 4 rings (SSSR count). The highest BCUT2D eigenvalue weighted by Gasteiger charge is 2.23. The number of tetrazole rings is 1. The largest absolute Gasteiger partial charge is 0.341 e. The van der Waals surface area contributed by atoms with Crippen LogP contribution in [0.25, 0.3) is 11.4 Å². The number of amides is 1. The maximum atomic E-state index is 12.6. The normalized spacial score (nSPS) is 15.0. The molecule has 28 heavy (non-hydrogen) atoms. The fourth-order valence-electron chi connectivity index (χ4n) is 3.62. The van der Waals surface area contributed by atoms with E-state index in [4.69, 9.17) is 11.6 Å². The van der Waals surface area contributed by atoms with Crippen molar-refractivity contribution in [2.45, 2.75) is 25.8 Å². The average molecular weight is 396 g/mol. The van der Waals surface area contributed by atoms with Crippen LogP contribution in [0.5, 0.6) is 0 Å². The lowest BCUT2D eigenvalue weighted by atomic mass is 9.90. The van der Waals surface area contributed by atoms with E-state index in [1.165, 1.54) is 10.4 Å². The number of piperidine rings is 1. The fourth-order valence-corrected chi connectivity index (χ4v) is 3.84. The Hall–Kier alpha value is -2.73. The van der Waals surface area contributed by atoms with Crippen molar-refractivity contribution in [1.29, 1.82) is 0 Å². The van der Waals surface area contributed by atoms with E-state index in [1.54, 1.807) is 6.07 Å². The molecule has 1 aromatic heterocycles. The summed E-state index contributed by atoms with van der Waals surface area (Å²) in [6.07, 6.45) is 3.13. The molecule has 0 unspecified atom stereocenters. The first-order valence-corrected chi connectivity index (χ1v) is 9.91. The lowest BCUT2D eigenvalue weighted by molar-refractivity contribution is -0.133. The van der Waals surface area contributed by atoms with Crippen LogP contribution in [0.1, 0.15) is 18.4 Å². The molecule has 0 N–H and O–H groups in total. The van der Waals surface area contributed by atoms with Gasteiger partial charge in [0.25, 0.3) is 0 Å². The second kappa shape index (κ2) is 8.52. The van der Waals surface area contributed by atoms with Gasteiger partial charge in [0.1, 0.15) is 6.54 Å². The molecule has 1 aliphatic heterocycles. The molecule has 0 spiro atoms. The first-order chi connectivity index (χ1) is 13.7. The number of aromatic nitrogens is 4. The molecule has 7 heteroatoms. The van der Waals surface area contributed by atoms with Crippen LogP contribution >= 0.6 is 11.6 Å². The molecular formula is C21H22ClN5O. The zero-order valence-electron chi connectivity index (χ0n) is 15.5. The van der Waals surface area contributed by atoms with Crippen LogP contribution in [0.3, 0.4) is 0 Å². The van der Waals surface area contributed by atoms with Crippen LogP contribution in [0.4, 0.5) is 0 Å². The van der Waals surface area contributed by atoms with Gasteiger partial charge in [-0.2, -0.15) is 4.80 Å². The number of carbonyl (C=O) groups excluding carboxylic acids is 1. The summed E-state index contributed by atoms with van der Waals surface area (Å²) in [5.41, 5.74) is 2.08. The van der Waals surface area contributed by atoms with Gasteiger partial charge in [-0.25, -0.2) is 0 Å². The number of likely N-dealkylation sites (tertiary alicyclic amines) is 1. The number of carbonyl (C=O) groups is 1. The summed E-state index contributed by atoms with van der Waals surface area (Å²) >= 11 is 6.17. The molecule has 2 aromatic carbocycles. The molecular weight excluding hydrogens is 374 g/mol. The first kappa shape index (κ1) is 18.6. The molecule has 0 atom stereocenters. The van der Waals surface area contributed by atoms with Crippen molar-refractivity contribution >= 4 is 17.5 Å². The van der Waals surface area contributed by atoms with Gasteiger partial charge in [-0.1, -0.05) is 54.1 Å². The molecule has 1 saturated heterocycles. The van der Waals surface area contributed by atoms with Gasteiger partial charge in [0, 0.05) is 18.7 Å². The van der Waals surface area contributed by atoms with Gasteiger partial charge in [0.2, 0.25) is 11.7 Å². The standard InChI is InChI=1S/C21H22ClN5O/c22-19-9-5-4-8-18(19)21-23-25-27(24-21)15-20(28)26-12-10-17(11-13-26)14-16-6-2-1-3-7-16/h1-9,17H,10-15H2. The summed E-state index contributed by atoms with van der Waals surface area (Å²) in [5.74, 6) is 1.09. The molecule has 6 nitrogen and oxygen atoms in total. The topological polar surface area (TPSA) is 63.9 Å². The predicted molar refractivity (Wildman–Crippen MR) is 108 cm³/mol. The molecule has 1 fully saturated rings. The second-order valence-corrected chi connectivity index (χ2v) is 7.54. The number of nitrogens with zero attached hydrogens (tertiary/aromatic N) is 5. The van der Waals surface area contributed by atoms with E-state index in [-0.39, 0.29) is 12.5 Å². The summed E-state index contributed by atoms with van der Waals surface area (Å²) in [7, 11) is 0. The summed E-state index contributed by atoms with van der Waals surface area (Å²) in [6.45, 7) is 1.66. The lowest BCUT2D eigenvalue weighted by Gasteiger charge is -2.32. The van der Waals surface area contributed by atoms with E-state index in [1.807, 2.05) is 29.2 Å². The van der Waals surface area contributed by atoms with Gasteiger partial charge < -0.3 is 4.90 Å². The third kappa shape index (κ3) is 4.39. The molecule has 0 bridgehead atoms. The highest BCUT2D eigenvalue weighted by Crippen LogP contribution is 2.24. The van der Waals surface area contributed by atoms with E-state index in [2.05, 4.69) is 39.7 Å². The number of rotatable bonds is 5. The Kier molecular flexibility index (Phi) is 5.67. The molecule has 0 radical (unpaired) electrons. The predicted octanol–water partition coefficient (Wildman–Crippen LogP) is 3.47. The quantitative estimate of drug-likeness (QED) is 0.663. The Morgan fingerprint density at radius 2 is 1.75 bits per heavy atom. The van der Waals surface area contributed by atoms with Gasteiger partial charge in [-0.3, -0.25) is 4.79 Å². The van der Waals surface area contributed by atoms with Crippen LogP contribution in [0.2, 0.25) is 5.02 Å². The minimum atomic E-state index is 0.0290. The maximum absolute atomic E-state index is 12.6. The molecule has 2 heterocycles. The first-order valence-electron chi connectivity index (χ1n) is 9.53. The van der Waals surface area contributed by atoms with E-state index in [9.17, 15) is 4.79 Å². The van der Waals surface area contributed by atoms with Gasteiger partial charge in [0.15, 0.2) is 0 Å². The minimum Gasteiger partial charge on any atom is -0.341 e. The van der Waals surface area contributed by atoms with Crippen molar-refractivity contribution in [3.63, 3.8) is 0 Å². The number of hydrogen-bond donors (Lipinski definition) is 0. The zero-order valence-corrected chi connectivity index (χ0v) is 16.3. The summed E-state index contributed by atoms with van der Waals surface area (Å²) in [4.78, 5) is 15.9. The zero-order chi connectivity index (χ0) is 19.3. The smallest absolute Gasteiger partial charge is 0.246 e. The van der Waals surface area contributed by atoms with E-state index in [0.717, 1.165) is 32.4 Å². The van der Waals surface area contributed by atoms with Crippen LogP contribution in [0.15, 0.2) is 54.6 Å². The molecule has 0 saturated carbocycles. The Labute approximate surface area is 169 Å². The average Bonchev–Trinajstić information content (AvgIpc) is 3.18. The monoisotopic (exact) mass is 395 g/mol. The number of halogens is 1. The van der Waals surface area contributed by atoms with Crippen LogP contribution < -0.4 is 0 Å². The maximum Gasteiger partial charge on any atom is 0.246 e. The Balaban J connectivity index is 1.31. The van der Waals surface area contributed by atoms with E-state index in [0.29, 0.717) is 22.3 Å². The lowest BCUT2D eigenvalue weighted by Crippen LogP contribution is -2.40. The number of hydrogen-bond acceptors (Lipinski definition) is 4. The van der Waals surface area contributed by atoms with Crippen LogP contribution in [-0.4, -0.2) is 44.1 Å². The molecule has 1 amide bonds.